The number of aromatic nitrogens is 2. The van der Waals surface area contributed by atoms with Crippen molar-refractivity contribution >= 4 is 21.6 Å². The first kappa shape index (κ1) is 26.0. The van der Waals surface area contributed by atoms with Crippen LogP contribution in [0, 0.1) is 0 Å². The summed E-state index contributed by atoms with van der Waals surface area (Å²) in [4.78, 5) is 12.3. The number of sulfone groups is 1. The van der Waals surface area contributed by atoms with Gasteiger partial charge in [0, 0.05) is 23.6 Å². The van der Waals surface area contributed by atoms with Crippen molar-refractivity contribution in [2.45, 2.75) is 18.8 Å². The van der Waals surface area contributed by atoms with E-state index < -0.39 is 51.4 Å². The standard InChI is InChI=1S/C22H17F6N3O3S/c1-2-35(33,34)12-11-19(32)29-20-18(14-3-5-15(6-4-14)21(23,24)25)13-31(30-20)17-9-7-16(8-10-17)22(26,27)28/h2-10,13H,1,11-12H2,(H,29,30,32). The Labute approximate surface area is 195 Å². The van der Waals surface area contributed by atoms with Gasteiger partial charge in [0.2, 0.25) is 5.91 Å². The number of carbonyl (C=O) groups excluding carboxylic acids is 1. The molecule has 0 atom stereocenters. The molecule has 3 rings (SSSR count). The molecule has 6 nitrogen and oxygen atoms in total. The summed E-state index contributed by atoms with van der Waals surface area (Å²) < 4.78 is 102. The Morgan fingerprint density at radius 3 is 1.94 bits per heavy atom. The van der Waals surface area contributed by atoms with Crippen LogP contribution in [0.3, 0.4) is 0 Å². The van der Waals surface area contributed by atoms with Crippen molar-refractivity contribution in [3.8, 4) is 16.8 Å². The van der Waals surface area contributed by atoms with Crippen LogP contribution in [0.1, 0.15) is 17.5 Å². The summed E-state index contributed by atoms with van der Waals surface area (Å²) in [6.45, 7) is 3.14. The van der Waals surface area contributed by atoms with Gasteiger partial charge in [0.05, 0.1) is 22.6 Å². The molecule has 0 spiro atoms. The van der Waals surface area contributed by atoms with Crippen LogP contribution in [0.25, 0.3) is 16.8 Å². The lowest BCUT2D eigenvalue weighted by Gasteiger charge is -2.08. The monoisotopic (exact) mass is 517 g/mol. The Kier molecular flexibility index (Phi) is 7.11. The number of nitrogens with one attached hydrogen (secondary N) is 1. The van der Waals surface area contributed by atoms with Crippen LogP contribution in [0.15, 0.2) is 66.7 Å². The molecule has 0 aliphatic heterocycles. The van der Waals surface area contributed by atoms with Crippen LogP contribution in [-0.4, -0.2) is 29.9 Å². The summed E-state index contributed by atoms with van der Waals surface area (Å²) in [5.74, 6) is -1.40. The summed E-state index contributed by atoms with van der Waals surface area (Å²) in [5.41, 5.74) is -1.23. The van der Waals surface area contributed by atoms with Gasteiger partial charge in [-0.2, -0.15) is 26.3 Å². The van der Waals surface area contributed by atoms with Gasteiger partial charge >= 0.3 is 12.4 Å². The van der Waals surface area contributed by atoms with Crippen molar-refractivity contribution in [1.29, 1.82) is 0 Å². The number of hydrogen-bond acceptors (Lipinski definition) is 4. The van der Waals surface area contributed by atoms with Crippen molar-refractivity contribution in [2.24, 2.45) is 0 Å². The minimum Gasteiger partial charge on any atom is -0.309 e. The average Bonchev–Trinajstić information content (AvgIpc) is 3.20. The zero-order valence-electron chi connectivity index (χ0n) is 17.7. The second kappa shape index (κ2) is 9.56. The molecule has 186 valence electrons. The molecule has 1 N–H and O–H groups in total. The molecule has 0 fully saturated rings. The van der Waals surface area contributed by atoms with E-state index >= 15 is 0 Å². The summed E-state index contributed by atoms with van der Waals surface area (Å²) in [6, 6.07) is 7.87. The van der Waals surface area contributed by atoms with E-state index in [4.69, 9.17) is 0 Å². The molecule has 3 aromatic rings. The average molecular weight is 517 g/mol. The third-order valence-electron chi connectivity index (χ3n) is 4.82. The third kappa shape index (κ3) is 6.50. The molecule has 0 aliphatic carbocycles. The first-order valence-corrected chi connectivity index (χ1v) is 11.5. The van der Waals surface area contributed by atoms with Crippen LogP contribution >= 0.6 is 0 Å². The second-order valence-electron chi connectivity index (χ2n) is 7.29. The van der Waals surface area contributed by atoms with Crippen molar-refractivity contribution in [2.75, 3.05) is 11.1 Å². The van der Waals surface area contributed by atoms with Gasteiger partial charge in [-0.05, 0) is 42.0 Å². The number of alkyl halides is 6. The van der Waals surface area contributed by atoms with E-state index in [2.05, 4.69) is 17.0 Å². The Morgan fingerprint density at radius 1 is 0.943 bits per heavy atom. The normalized spacial score (nSPS) is 12.4. The summed E-state index contributed by atoms with van der Waals surface area (Å²) in [6.07, 6.45) is -8.26. The van der Waals surface area contributed by atoms with Gasteiger partial charge in [-0.1, -0.05) is 18.7 Å². The summed E-state index contributed by atoms with van der Waals surface area (Å²) in [5, 5.41) is 7.24. The second-order valence-corrected chi connectivity index (χ2v) is 9.35. The lowest BCUT2D eigenvalue weighted by atomic mass is 10.1. The van der Waals surface area contributed by atoms with Crippen LogP contribution in [0.2, 0.25) is 0 Å². The minimum absolute atomic E-state index is 0.120. The first-order chi connectivity index (χ1) is 16.2. The number of anilines is 1. The number of rotatable bonds is 7. The molecule has 0 aliphatic rings. The largest absolute Gasteiger partial charge is 0.416 e. The third-order valence-corrected chi connectivity index (χ3v) is 6.10. The highest BCUT2D eigenvalue weighted by molar-refractivity contribution is 7.94. The SMILES string of the molecule is C=CS(=O)(=O)CCC(=O)Nc1nn(-c2ccc(C(F)(F)F)cc2)cc1-c1ccc(C(F)(F)F)cc1. The fourth-order valence-electron chi connectivity index (χ4n) is 2.96. The number of benzene rings is 2. The lowest BCUT2D eigenvalue weighted by molar-refractivity contribution is -0.138. The summed E-state index contributed by atoms with van der Waals surface area (Å²) in [7, 11) is -3.66. The van der Waals surface area contributed by atoms with Crippen LogP contribution in [0.5, 0.6) is 0 Å². The molecule has 2 aromatic carbocycles. The van der Waals surface area contributed by atoms with E-state index in [1.807, 2.05) is 0 Å². The Morgan fingerprint density at radius 2 is 1.46 bits per heavy atom. The maximum atomic E-state index is 12.9. The highest BCUT2D eigenvalue weighted by Gasteiger charge is 2.31. The molecule has 0 bridgehead atoms. The molecule has 35 heavy (non-hydrogen) atoms. The smallest absolute Gasteiger partial charge is 0.309 e. The highest BCUT2D eigenvalue weighted by atomic mass is 32.2. The molecular weight excluding hydrogens is 500 g/mol. The Bertz CT molecular complexity index is 1330. The predicted molar refractivity (Wildman–Crippen MR) is 116 cm³/mol. The molecule has 0 radical (unpaired) electrons. The fraction of sp³-hybridized carbons (Fsp3) is 0.182. The lowest BCUT2D eigenvalue weighted by Crippen LogP contribution is -2.17. The number of amides is 1. The molecule has 0 saturated heterocycles. The number of hydrogen-bond donors (Lipinski definition) is 1. The van der Waals surface area contributed by atoms with E-state index in [9.17, 15) is 39.6 Å². The minimum atomic E-state index is -4.57. The molecule has 1 amide bonds. The van der Waals surface area contributed by atoms with Gasteiger partial charge in [-0.3, -0.25) is 4.79 Å². The molecule has 0 saturated carbocycles. The van der Waals surface area contributed by atoms with Crippen molar-refractivity contribution in [3.05, 3.63) is 77.8 Å². The first-order valence-electron chi connectivity index (χ1n) is 9.79. The maximum Gasteiger partial charge on any atom is 0.416 e. The Hall–Kier alpha value is -3.61. The topological polar surface area (TPSA) is 81.1 Å². The van der Waals surface area contributed by atoms with Gasteiger partial charge < -0.3 is 5.32 Å². The van der Waals surface area contributed by atoms with E-state index in [0.29, 0.717) is 5.41 Å². The van der Waals surface area contributed by atoms with Crippen LogP contribution in [0.4, 0.5) is 32.2 Å². The Balaban J connectivity index is 1.98. The number of halogens is 6. The summed E-state index contributed by atoms with van der Waals surface area (Å²) >= 11 is 0. The zero-order valence-corrected chi connectivity index (χ0v) is 18.5. The zero-order chi connectivity index (χ0) is 26.0. The van der Waals surface area contributed by atoms with Gasteiger partial charge in [0.25, 0.3) is 0 Å². The van der Waals surface area contributed by atoms with E-state index in [0.717, 1.165) is 53.2 Å². The van der Waals surface area contributed by atoms with Crippen molar-refractivity contribution < 1.29 is 39.6 Å². The molecular formula is C22H17F6N3O3S. The predicted octanol–water partition coefficient (Wildman–Crippen LogP) is 5.46. The highest BCUT2D eigenvalue weighted by Crippen LogP contribution is 2.34. The number of nitrogens with zero attached hydrogens (tertiary/aromatic N) is 2. The van der Waals surface area contributed by atoms with Crippen molar-refractivity contribution in [3.63, 3.8) is 0 Å². The molecule has 1 aromatic heterocycles. The van der Waals surface area contributed by atoms with E-state index in [1.165, 1.54) is 6.20 Å². The van der Waals surface area contributed by atoms with Gasteiger partial charge in [0.15, 0.2) is 15.7 Å². The quantitative estimate of drug-likeness (QED) is 0.422. The van der Waals surface area contributed by atoms with Gasteiger partial charge in [0.1, 0.15) is 0 Å². The molecule has 0 unspecified atom stereocenters. The molecule has 1 heterocycles. The van der Waals surface area contributed by atoms with Gasteiger partial charge in [-0.25, -0.2) is 13.1 Å². The van der Waals surface area contributed by atoms with E-state index in [1.54, 1.807) is 0 Å². The fourth-order valence-corrected chi connectivity index (χ4v) is 3.60. The van der Waals surface area contributed by atoms with E-state index in [-0.39, 0.29) is 22.6 Å². The maximum absolute atomic E-state index is 12.9. The van der Waals surface area contributed by atoms with Crippen LogP contribution in [-0.2, 0) is 27.0 Å². The molecule has 13 heteroatoms. The van der Waals surface area contributed by atoms with Crippen LogP contribution < -0.4 is 5.32 Å². The number of carbonyl (C=O) groups is 1. The van der Waals surface area contributed by atoms with Gasteiger partial charge in [-0.15, -0.1) is 5.10 Å². The van der Waals surface area contributed by atoms with Crippen molar-refractivity contribution in [1.82, 2.24) is 9.78 Å².